The average molecular weight is 281 g/mol. The van der Waals surface area contributed by atoms with Crippen LogP contribution in [-0.4, -0.2) is 29.4 Å². The fraction of sp³-hybridized carbons (Fsp3) is 0.0769. The molecule has 0 saturated carbocycles. The number of nitrogens with zero attached hydrogens (tertiary/aromatic N) is 5. The third-order valence-electron chi connectivity index (χ3n) is 3.46. The van der Waals surface area contributed by atoms with Crippen molar-refractivity contribution in [2.24, 2.45) is 7.05 Å². The number of nitrogens with two attached hydrogens (primary N) is 1. The molecule has 0 atom stereocenters. The van der Waals surface area contributed by atoms with E-state index in [1.807, 2.05) is 42.1 Å². The fourth-order valence-corrected chi connectivity index (χ4v) is 2.48. The molecule has 0 saturated heterocycles. The second-order valence-electron chi connectivity index (χ2n) is 4.77. The topological polar surface area (TPSA) is 107 Å². The van der Waals surface area contributed by atoms with Crippen molar-refractivity contribution >= 4 is 22.6 Å². The first-order valence-electron chi connectivity index (χ1n) is 6.31. The van der Waals surface area contributed by atoms with Crippen LogP contribution < -0.4 is 11.3 Å². The van der Waals surface area contributed by atoms with E-state index in [-0.39, 0.29) is 23.0 Å². The van der Waals surface area contributed by atoms with E-state index in [2.05, 4.69) is 20.3 Å². The van der Waals surface area contributed by atoms with Gasteiger partial charge in [-0.3, -0.25) is 9.78 Å². The van der Waals surface area contributed by atoms with Gasteiger partial charge in [0.15, 0.2) is 5.69 Å². The molecule has 21 heavy (non-hydrogen) atoms. The zero-order valence-corrected chi connectivity index (χ0v) is 11.1. The highest BCUT2D eigenvalue weighted by atomic mass is 16.1. The lowest BCUT2D eigenvalue weighted by Crippen LogP contribution is -2.15. The monoisotopic (exact) mass is 281 g/mol. The van der Waals surface area contributed by atoms with Crippen LogP contribution in [0.15, 0.2) is 35.3 Å². The Morgan fingerprint density at radius 1 is 1.24 bits per heavy atom. The maximum Gasteiger partial charge on any atom is 0.279 e. The van der Waals surface area contributed by atoms with Crippen LogP contribution in [-0.2, 0) is 7.05 Å². The Labute approximate surface area is 117 Å². The van der Waals surface area contributed by atoms with Gasteiger partial charge in [0.2, 0.25) is 5.95 Å². The van der Waals surface area contributed by atoms with Crippen molar-refractivity contribution in [3.63, 3.8) is 0 Å². The van der Waals surface area contributed by atoms with Crippen LogP contribution in [0.4, 0.5) is 5.95 Å². The van der Waals surface area contributed by atoms with E-state index >= 15 is 0 Å². The zero-order valence-electron chi connectivity index (χ0n) is 11.1. The van der Waals surface area contributed by atoms with Gasteiger partial charge in [-0.2, -0.15) is 9.61 Å². The predicted molar refractivity (Wildman–Crippen MR) is 77.7 cm³/mol. The molecular weight excluding hydrogens is 270 g/mol. The summed E-state index contributed by atoms with van der Waals surface area (Å²) in [5, 5.41) is 12.7. The lowest BCUT2D eigenvalue weighted by atomic mass is 10.1. The first kappa shape index (κ1) is 11.6. The molecule has 3 N–H and O–H groups in total. The molecule has 0 spiro atoms. The minimum Gasteiger partial charge on any atom is -0.366 e. The Bertz CT molecular complexity index is 1040. The summed E-state index contributed by atoms with van der Waals surface area (Å²) in [4.78, 5) is 14.9. The highest BCUT2D eigenvalue weighted by molar-refractivity contribution is 5.94. The number of nitrogen functional groups attached to an aromatic ring is 1. The summed E-state index contributed by atoms with van der Waals surface area (Å²) in [5.74, 6) is 0.351. The number of aryl methyl sites for hydroxylation is 1. The minimum atomic E-state index is -0.328. The molecule has 4 rings (SSSR count). The largest absolute Gasteiger partial charge is 0.366 e. The van der Waals surface area contributed by atoms with E-state index in [4.69, 9.17) is 5.73 Å². The molecule has 3 aromatic heterocycles. The van der Waals surface area contributed by atoms with Gasteiger partial charge in [-0.05, 0) is 6.07 Å². The number of nitrogens with one attached hydrogen (secondary N) is 1. The van der Waals surface area contributed by atoms with E-state index in [9.17, 15) is 4.79 Å². The molecule has 0 aliphatic carbocycles. The van der Waals surface area contributed by atoms with Crippen LogP contribution in [0.3, 0.4) is 0 Å². The SMILES string of the molecule is Cn1cc(-c2nn3c(N)nnc3[nH]c2=O)c2ccccc21. The molecule has 0 radical (unpaired) electrons. The Balaban J connectivity index is 2.11. The van der Waals surface area contributed by atoms with Gasteiger partial charge in [-0.25, -0.2) is 0 Å². The van der Waals surface area contributed by atoms with E-state index in [0.29, 0.717) is 0 Å². The number of anilines is 1. The molecule has 104 valence electrons. The molecule has 1 aromatic carbocycles. The number of aromatic amines is 1. The van der Waals surface area contributed by atoms with Crippen molar-refractivity contribution in [1.29, 1.82) is 0 Å². The van der Waals surface area contributed by atoms with Gasteiger partial charge in [0, 0.05) is 29.7 Å². The van der Waals surface area contributed by atoms with Gasteiger partial charge in [0.25, 0.3) is 11.3 Å². The number of benzene rings is 1. The van der Waals surface area contributed by atoms with Crippen LogP contribution in [0.2, 0.25) is 0 Å². The first-order valence-corrected chi connectivity index (χ1v) is 6.31. The van der Waals surface area contributed by atoms with Crippen molar-refractivity contribution < 1.29 is 0 Å². The number of fused-ring (bicyclic) bond motifs is 2. The summed E-state index contributed by atoms with van der Waals surface area (Å²) in [6.07, 6.45) is 1.87. The Morgan fingerprint density at radius 3 is 2.90 bits per heavy atom. The Morgan fingerprint density at radius 2 is 2.05 bits per heavy atom. The summed E-state index contributed by atoms with van der Waals surface area (Å²) in [6.45, 7) is 0. The zero-order chi connectivity index (χ0) is 14.6. The van der Waals surface area contributed by atoms with E-state index in [0.717, 1.165) is 16.5 Å². The number of hydrogen-bond acceptors (Lipinski definition) is 5. The van der Waals surface area contributed by atoms with E-state index < -0.39 is 0 Å². The summed E-state index contributed by atoms with van der Waals surface area (Å²) in [7, 11) is 1.92. The summed E-state index contributed by atoms with van der Waals surface area (Å²) < 4.78 is 3.27. The predicted octanol–water partition coefficient (Wildman–Crippen LogP) is 0.553. The molecule has 0 fully saturated rings. The van der Waals surface area contributed by atoms with Crippen LogP contribution in [0.5, 0.6) is 0 Å². The maximum absolute atomic E-state index is 12.2. The number of H-pyrrole nitrogens is 1. The van der Waals surface area contributed by atoms with Gasteiger partial charge < -0.3 is 10.3 Å². The second kappa shape index (κ2) is 3.92. The second-order valence-corrected chi connectivity index (χ2v) is 4.77. The van der Waals surface area contributed by atoms with Crippen LogP contribution in [0.25, 0.3) is 27.9 Å². The van der Waals surface area contributed by atoms with E-state index in [1.54, 1.807) is 0 Å². The van der Waals surface area contributed by atoms with Crippen molar-refractivity contribution in [1.82, 2.24) is 29.4 Å². The van der Waals surface area contributed by atoms with Crippen molar-refractivity contribution in [2.45, 2.75) is 0 Å². The van der Waals surface area contributed by atoms with Crippen LogP contribution in [0, 0.1) is 0 Å². The number of rotatable bonds is 1. The van der Waals surface area contributed by atoms with Gasteiger partial charge in [0.1, 0.15) is 0 Å². The first-order chi connectivity index (χ1) is 10.1. The smallest absolute Gasteiger partial charge is 0.279 e. The molecule has 0 aliphatic rings. The third-order valence-corrected chi connectivity index (χ3v) is 3.46. The number of para-hydroxylation sites is 1. The van der Waals surface area contributed by atoms with Crippen molar-refractivity contribution in [3.05, 3.63) is 40.8 Å². The molecule has 0 aliphatic heterocycles. The molecule has 0 amide bonds. The standard InChI is InChI=1S/C13H11N7O/c1-19-6-8(7-4-2-3-5-9(7)19)10-11(21)15-13-17-16-12(14)20(13)18-10/h2-6H,1H3,(H2,14,16)(H,15,17,21). The summed E-state index contributed by atoms with van der Waals surface area (Å²) in [6, 6.07) is 7.81. The quantitative estimate of drug-likeness (QED) is 0.530. The lowest BCUT2D eigenvalue weighted by Gasteiger charge is -1.99. The van der Waals surface area contributed by atoms with Crippen molar-refractivity contribution in [2.75, 3.05) is 5.73 Å². The lowest BCUT2D eigenvalue weighted by molar-refractivity contribution is 0.899. The van der Waals surface area contributed by atoms with E-state index in [1.165, 1.54) is 4.52 Å². The normalized spacial score (nSPS) is 11.5. The van der Waals surface area contributed by atoms with Gasteiger partial charge in [-0.1, -0.05) is 18.2 Å². The fourth-order valence-electron chi connectivity index (χ4n) is 2.48. The Hall–Kier alpha value is -3.16. The molecule has 8 nitrogen and oxygen atoms in total. The minimum absolute atomic E-state index is 0.128. The van der Waals surface area contributed by atoms with Crippen LogP contribution in [0.1, 0.15) is 0 Å². The highest BCUT2D eigenvalue weighted by Crippen LogP contribution is 2.26. The molecule has 0 unspecified atom stereocenters. The van der Waals surface area contributed by atoms with Gasteiger partial charge in [0.05, 0.1) is 0 Å². The number of aromatic nitrogens is 6. The third kappa shape index (κ3) is 1.55. The van der Waals surface area contributed by atoms with Gasteiger partial charge >= 0.3 is 0 Å². The molecule has 3 heterocycles. The molecular formula is C13H11N7O. The highest BCUT2D eigenvalue weighted by Gasteiger charge is 2.15. The van der Waals surface area contributed by atoms with Crippen molar-refractivity contribution in [3.8, 4) is 11.3 Å². The van der Waals surface area contributed by atoms with Crippen LogP contribution >= 0.6 is 0 Å². The Kier molecular flexibility index (Phi) is 2.17. The molecule has 8 heteroatoms. The molecule has 4 aromatic rings. The number of hydrogen-bond donors (Lipinski definition) is 2. The summed E-state index contributed by atoms with van der Waals surface area (Å²) in [5.41, 5.74) is 7.41. The summed E-state index contributed by atoms with van der Waals surface area (Å²) >= 11 is 0. The molecule has 0 bridgehead atoms. The maximum atomic E-state index is 12.2. The van der Waals surface area contributed by atoms with Gasteiger partial charge in [-0.15, -0.1) is 10.2 Å². The average Bonchev–Trinajstić information content (AvgIpc) is 3.00.